The van der Waals surface area contributed by atoms with Crippen LogP contribution in [0.15, 0.2) is 40.9 Å². The van der Waals surface area contributed by atoms with Crippen LogP contribution < -0.4 is 10.5 Å². The minimum Gasteiger partial charge on any atom is -0.456 e. The van der Waals surface area contributed by atoms with Crippen LogP contribution in [-0.2, 0) is 0 Å². The van der Waals surface area contributed by atoms with Gasteiger partial charge in [0, 0.05) is 11.6 Å². The average molecular weight is 324 g/mol. The molecule has 0 heterocycles. The molecule has 2 N–H and O–H groups in total. The lowest BCUT2D eigenvalue weighted by atomic mass is 10.1. The molecule has 4 heteroatoms. The Balaban J connectivity index is 2.38. The van der Waals surface area contributed by atoms with Crippen molar-refractivity contribution in [1.82, 2.24) is 0 Å². The van der Waals surface area contributed by atoms with Crippen molar-refractivity contribution in [3.63, 3.8) is 0 Å². The van der Waals surface area contributed by atoms with Crippen LogP contribution in [0.1, 0.15) is 24.1 Å². The van der Waals surface area contributed by atoms with E-state index >= 15 is 0 Å². The molecular weight excluding hydrogens is 309 g/mol. The van der Waals surface area contributed by atoms with Crippen molar-refractivity contribution in [3.05, 3.63) is 57.8 Å². The number of hydrogen-bond acceptors (Lipinski definition) is 2. The fourth-order valence-corrected chi connectivity index (χ4v) is 2.35. The zero-order valence-corrected chi connectivity index (χ0v) is 12.4. The van der Waals surface area contributed by atoms with Crippen molar-refractivity contribution in [3.8, 4) is 11.5 Å². The third-order valence-electron chi connectivity index (χ3n) is 2.77. The van der Waals surface area contributed by atoms with Gasteiger partial charge in [-0.3, -0.25) is 0 Å². The monoisotopic (exact) mass is 323 g/mol. The standard InChI is InChI=1S/C15H15BrFNO/c1-9-3-5-15(13(16)7-9)19-14-6-4-11(17)8-12(14)10(2)18/h3-8,10H,18H2,1-2H3. The number of ether oxygens (including phenoxy) is 1. The first-order valence-corrected chi connectivity index (χ1v) is 6.75. The van der Waals surface area contributed by atoms with E-state index in [4.69, 9.17) is 10.5 Å². The Kier molecular flexibility index (Phi) is 4.22. The highest BCUT2D eigenvalue weighted by molar-refractivity contribution is 9.10. The maximum Gasteiger partial charge on any atom is 0.141 e. The first-order valence-electron chi connectivity index (χ1n) is 5.96. The molecule has 0 amide bonds. The second kappa shape index (κ2) is 5.72. The molecule has 100 valence electrons. The zero-order valence-electron chi connectivity index (χ0n) is 10.8. The first-order chi connectivity index (χ1) is 8.97. The number of rotatable bonds is 3. The van der Waals surface area contributed by atoms with Gasteiger partial charge in [0.1, 0.15) is 17.3 Å². The van der Waals surface area contributed by atoms with E-state index in [9.17, 15) is 4.39 Å². The predicted octanol–water partition coefficient (Wildman–Crippen LogP) is 4.71. The van der Waals surface area contributed by atoms with Crippen molar-refractivity contribution < 1.29 is 9.13 Å². The number of benzene rings is 2. The Morgan fingerprint density at radius 2 is 1.84 bits per heavy atom. The topological polar surface area (TPSA) is 35.2 Å². The van der Waals surface area contributed by atoms with Crippen molar-refractivity contribution in [2.24, 2.45) is 5.73 Å². The summed E-state index contributed by atoms with van der Waals surface area (Å²) in [6, 6.07) is 9.86. The van der Waals surface area contributed by atoms with Crippen LogP contribution in [0.5, 0.6) is 11.5 Å². The lowest BCUT2D eigenvalue weighted by Crippen LogP contribution is -2.07. The van der Waals surface area contributed by atoms with E-state index in [0.29, 0.717) is 17.1 Å². The van der Waals surface area contributed by atoms with E-state index in [1.807, 2.05) is 25.1 Å². The van der Waals surface area contributed by atoms with Crippen LogP contribution in [0.25, 0.3) is 0 Å². The van der Waals surface area contributed by atoms with E-state index in [1.165, 1.54) is 12.1 Å². The van der Waals surface area contributed by atoms with Gasteiger partial charge in [0.2, 0.25) is 0 Å². The van der Waals surface area contributed by atoms with Gasteiger partial charge in [0.25, 0.3) is 0 Å². The van der Waals surface area contributed by atoms with Crippen LogP contribution in [0.3, 0.4) is 0 Å². The summed E-state index contributed by atoms with van der Waals surface area (Å²) >= 11 is 3.45. The Labute approximate surface area is 120 Å². The Bertz CT molecular complexity index is 599. The third-order valence-corrected chi connectivity index (χ3v) is 3.39. The predicted molar refractivity (Wildman–Crippen MR) is 78.0 cm³/mol. The summed E-state index contributed by atoms with van der Waals surface area (Å²) in [6.45, 7) is 3.80. The molecule has 1 atom stereocenters. The summed E-state index contributed by atoms with van der Waals surface area (Å²) in [5.74, 6) is 0.933. The lowest BCUT2D eigenvalue weighted by Gasteiger charge is -2.15. The maximum absolute atomic E-state index is 13.3. The summed E-state index contributed by atoms with van der Waals surface area (Å²) in [5.41, 5.74) is 7.62. The highest BCUT2D eigenvalue weighted by Crippen LogP contribution is 2.34. The van der Waals surface area contributed by atoms with Crippen molar-refractivity contribution in [1.29, 1.82) is 0 Å². The van der Waals surface area contributed by atoms with Crippen molar-refractivity contribution >= 4 is 15.9 Å². The van der Waals surface area contributed by atoms with E-state index < -0.39 is 0 Å². The maximum atomic E-state index is 13.3. The number of nitrogens with two attached hydrogens (primary N) is 1. The molecule has 2 rings (SSSR count). The number of halogens is 2. The molecule has 0 saturated carbocycles. The van der Waals surface area contributed by atoms with Gasteiger partial charge in [-0.1, -0.05) is 6.07 Å². The number of hydrogen-bond donors (Lipinski definition) is 1. The molecule has 19 heavy (non-hydrogen) atoms. The molecular formula is C15H15BrFNO. The van der Waals surface area contributed by atoms with Gasteiger partial charge in [0.15, 0.2) is 0 Å². The lowest BCUT2D eigenvalue weighted by molar-refractivity contribution is 0.466. The fourth-order valence-electron chi connectivity index (χ4n) is 1.78. The Morgan fingerprint density at radius 3 is 2.47 bits per heavy atom. The molecule has 0 fully saturated rings. The molecule has 0 aliphatic heterocycles. The largest absolute Gasteiger partial charge is 0.456 e. The van der Waals surface area contributed by atoms with E-state index in [1.54, 1.807) is 13.0 Å². The molecule has 0 aromatic heterocycles. The summed E-state index contributed by atoms with van der Waals surface area (Å²) in [4.78, 5) is 0. The minimum atomic E-state index is -0.317. The van der Waals surface area contributed by atoms with Crippen LogP contribution >= 0.6 is 15.9 Å². The minimum absolute atomic E-state index is 0.296. The molecule has 2 nitrogen and oxygen atoms in total. The smallest absolute Gasteiger partial charge is 0.141 e. The second-order valence-corrected chi connectivity index (χ2v) is 5.36. The molecule has 0 aliphatic carbocycles. The van der Waals surface area contributed by atoms with Gasteiger partial charge in [-0.2, -0.15) is 0 Å². The van der Waals surface area contributed by atoms with E-state index in [2.05, 4.69) is 15.9 Å². The van der Waals surface area contributed by atoms with Crippen LogP contribution in [-0.4, -0.2) is 0 Å². The molecule has 0 aliphatic rings. The molecule has 2 aromatic rings. The summed E-state index contributed by atoms with van der Waals surface area (Å²) in [6.07, 6.45) is 0. The van der Waals surface area contributed by atoms with Gasteiger partial charge in [-0.05, 0) is 65.7 Å². The van der Waals surface area contributed by atoms with Gasteiger partial charge in [0.05, 0.1) is 4.47 Å². The van der Waals surface area contributed by atoms with E-state index in [0.717, 1.165) is 10.0 Å². The van der Waals surface area contributed by atoms with Crippen LogP contribution in [0.2, 0.25) is 0 Å². The van der Waals surface area contributed by atoms with Crippen molar-refractivity contribution in [2.75, 3.05) is 0 Å². The highest BCUT2D eigenvalue weighted by Gasteiger charge is 2.12. The number of aryl methyl sites for hydroxylation is 1. The van der Waals surface area contributed by atoms with Crippen LogP contribution in [0.4, 0.5) is 4.39 Å². The van der Waals surface area contributed by atoms with E-state index in [-0.39, 0.29) is 11.9 Å². The first kappa shape index (κ1) is 14.0. The Morgan fingerprint density at radius 1 is 1.16 bits per heavy atom. The molecule has 2 aromatic carbocycles. The quantitative estimate of drug-likeness (QED) is 0.887. The van der Waals surface area contributed by atoms with Gasteiger partial charge < -0.3 is 10.5 Å². The van der Waals surface area contributed by atoms with Crippen molar-refractivity contribution in [2.45, 2.75) is 19.9 Å². The zero-order chi connectivity index (χ0) is 14.0. The summed E-state index contributed by atoms with van der Waals surface area (Å²) < 4.78 is 19.9. The highest BCUT2D eigenvalue weighted by atomic mass is 79.9. The third kappa shape index (κ3) is 3.33. The summed E-state index contributed by atoms with van der Waals surface area (Å²) in [5, 5.41) is 0. The molecule has 0 saturated heterocycles. The van der Waals surface area contributed by atoms with Gasteiger partial charge >= 0.3 is 0 Å². The fraction of sp³-hybridized carbons (Fsp3) is 0.200. The SMILES string of the molecule is Cc1ccc(Oc2ccc(F)cc2C(C)N)c(Br)c1. The second-order valence-electron chi connectivity index (χ2n) is 4.51. The van der Waals surface area contributed by atoms with Crippen LogP contribution in [0, 0.1) is 12.7 Å². The Hall–Kier alpha value is -1.39. The molecule has 0 radical (unpaired) electrons. The van der Waals surface area contributed by atoms with Gasteiger partial charge in [-0.25, -0.2) is 4.39 Å². The molecule has 0 spiro atoms. The molecule has 1 unspecified atom stereocenters. The molecule has 0 bridgehead atoms. The average Bonchev–Trinajstić information content (AvgIpc) is 2.34. The normalized spacial score (nSPS) is 12.3. The summed E-state index contributed by atoms with van der Waals surface area (Å²) in [7, 11) is 0. The van der Waals surface area contributed by atoms with Gasteiger partial charge in [-0.15, -0.1) is 0 Å².